The summed E-state index contributed by atoms with van der Waals surface area (Å²) in [6.07, 6.45) is 3.31. The minimum absolute atomic E-state index is 0.321. The van der Waals surface area contributed by atoms with Crippen LogP contribution in [0.15, 0.2) is 91.0 Å². The minimum atomic E-state index is -0.321. The SMILES string of the molecule is CCCCc1cc(-c2ccc(C(=O)OC)cc2)n(-c2ccccc2)c1-c1ccccc1. The number of carbonyl (C=O) groups is 1. The van der Waals surface area contributed by atoms with E-state index in [1.807, 2.05) is 30.3 Å². The molecule has 0 saturated heterocycles. The number of para-hydroxylation sites is 1. The van der Waals surface area contributed by atoms with Gasteiger partial charge in [-0.15, -0.1) is 0 Å². The molecule has 0 aliphatic heterocycles. The molecule has 0 bridgehead atoms. The van der Waals surface area contributed by atoms with E-state index in [-0.39, 0.29) is 5.97 Å². The molecule has 4 rings (SSSR count). The van der Waals surface area contributed by atoms with Crippen molar-refractivity contribution in [2.24, 2.45) is 0 Å². The Morgan fingerprint density at radius 1 is 0.839 bits per heavy atom. The summed E-state index contributed by atoms with van der Waals surface area (Å²) in [6, 6.07) is 31.0. The third kappa shape index (κ3) is 4.31. The summed E-state index contributed by atoms with van der Waals surface area (Å²) in [5.74, 6) is -0.321. The number of aromatic nitrogens is 1. The molecular formula is C28H27NO2. The fourth-order valence-corrected chi connectivity index (χ4v) is 3.98. The van der Waals surface area contributed by atoms with Gasteiger partial charge in [-0.2, -0.15) is 0 Å². The van der Waals surface area contributed by atoms with Crippen LogP contribution in [-0.2, 0) is 11.2 Å². The van der Waals surface area contributed by atoms with Crippen molar-refractivity contribution in [3.63, 3.8) is 0 Å². The van der Waals surface area contributed by atoms with Crippen LogP contribution in [0, 0.1) is 0 Å². The highest BCUT2D eigenvalue weighted by molar-refractivity contribution is 5.90. The van der Waals surface area contributed by atoms with Crippen molar-refractivity contribution < 1.29 is 9.53 Å². The number of methoxy groups -OCH3 is 1. The van der Waals surface area contributed by atoms with E-state index in [0.29, 0.717) is 5.56 Å². The third-order valence-corrected chi connectivity index (χ3v) is 5.54. The standard InChI is InChI=1S/C28H27NO2/c1-3-4-11-24-20-26(21-16-18-23(19-17-21)28(30)31-2)29(25-14-9-6-10-15-25)27(24)22-12-7-5-8-13-22/h5-10,12-20H,3-4,11H2,1-2H3. The number of esters is 1. The Bertz CT molecular complexity index is 1140. The van der Waals surface area contributed by atoms with E-state index in [1.54, 1.807) is 0 Å². The highest BCUT2D eigenvalue weighted by Crippen LogP contribution is 2.36. The van der Waals surface area contributed by atoms with Gasteiger partial charge in [0.2, 0.25) is 0 Å². The van der Waals surface area contributed by atoms with Gasteiger partial charge in [0.25, 0.3) is 0 Å². The van der Waals surface area contributed by atoms with E-state index in [4.69, 9.17) is 4.74 Å². The molecular weight excluding hydrogens is 382 g/mol. The largest absolute Gasteiger partial charge is 0.465 e. The maximum Gasteiger partial charge on any atom is 0.337 e. The van der Waals surface area contributed by atoms with Gasteiger partial charge in [-0.25, -0.2) is 4.79 Å². The molecule has 0 unspecified atom stereocenters. The van der Waals surface area contributed by atoms with Gasteiger partial charge in [0.05, 0.1) is 24.1 Å². The molecule has 0 atom stereocenters. The number of aryl methyl sites for hydroxylation is 1. The zero-order valence-corrected chi connectivity index (χ0v) is 18.0. The molecule has 0 saturated carbocycles. The van der Waals surface area contributed by atoms with Crippen molar-refractivity contribution in [2.75, 3.05) is 7.11 Å². The monoisotopic (exact) mass is 409 g/mol. The third-order valence-electron chi connectivity index (χ3n) is 5.54. The van der Waals surface area contributed by atoms with Crippen molar-refractivity contribution in [3.05, 3.63) is 102 Å². The first kappa shape index (κ1) is 20.7. The summed E-state index contributed by atoms with van der Waals surface area (Å²) in [4.78, 5) is 11.9. The van der Waals surface area contributed by atoms with Crippen molar-refractivity contribution in [1.29, 1.82) is 0 Å². The van der Waals surface area contributed by atoms with Crippen molar-refractivity contribution in [1.82, 2.24) is 4.57 Å². The summed E-state index contributed by atoms with van der Waals surface area (Å²) in [6.45, 7) is 2.23. The van der Waals surface area contributed by atoms with Gasteiger partial charge in [0, 0.05) is 5.69 Å². The van der Waals surface area contributed by atoms with Crippen LogP contribution in [0.5, 0.6) is 0 Å². The highest BCUT2D eigenvalue weighted by Gasteiger charge is 2.19. The Labute approximate surface area is 183 Å². The molecule has 0 N–H and O–H groups in total. The number of benzene rings is 3. The molecule has 0 spiro atoms. The van der Waals surface area contributed by atoms with Crippen LogP contribution in [0.25, 0.3) is 28.2 Å². The van der Waals surface area contributed by atoms with E-state index < -0.39 is 0 Å². The van der Waals surface area contributed by atoms with E-state index in [0.717, 1.165) is 36.2 Å². The van der Waals surface area contributed by atoms with Crippen LogP contribution in [-0.4, -0.2) is 17.6 Å². The number of hydrogen-bond donors (Lipinski definition) is 0. The predicted molar refractivity (Wildman–Crippen MR) is 127 cm³/mol. The summed E-state index contributed by atoms with van der Waals surface area (Å²) in [5.41, 5.74) is 7.63. The number of unbranched alkanes of at least 4 members (excludes halogenated alkanes) is 1. The number of hydrogen-bond acceptors (Lipinski definition) is 2. The number of nitrogens with zero attached hydrogens (tertiary/aromatic N) is 1. The second kappa shape index (κ2) is 9.48. The van der Waals surface area contributed by atoms with Gasteiger partial charge >= 0.3 is 5.97 Å². The van der Waals surface area contributed by atoms with Gasteiger partial charge in [-0.05, 0) is 59.9 Å². The molecule has 3 nitrogen and oxygen atoms in total. The molecule has 3 heteroatoms. The predicted octanol–water partition coefficient (Wildman–Crippen LogP) is 6.94. The van der Waals surface area contributed by atoms with E-state index in [9.17, 15) is 4.79 Å². The lowest BCUT2D eigenvalue weighted by atomic mass is 10.0. The molecule has 1 heterocycles. The molecule has 156 valence electrons. The smallest absolute Gasteiger partial charge is 0.337 e. The lowest BCUT2D eigenvalue weighted by molar-refractivity contribution is 0.0601. The Balaban J connectivity index is 1.94. The average molecular weight is 410 g/mol. The molecule has 0 aliphatic carbocycles. The van der Waals surface area contributed by atoms with Gasteiger partial charge in [-0.3, -0.25) is 0 Å². The van der Waals surface area contributed by atoms with Crippen LogP contribution in [0.3, 0.4) is 0 Å². The Morgan fingerprint density at radius 2 is 1.48 bits per heavy atom. The van der Waals surface area contributed by atoms with Crippen LogP contribution in [0.4, 0.5) is 0 Å². The zero-order chi connectivity index (χ0) is 21.6. The number of ether oxygens (including phenoxy) is 1. The maximum atomic E-state index is 11.9. The van der Waals surface area contributed by atoms with Crippen molar-refractivity contribution in [3.8, 4) is 28.2 Å². The van der Waals surface area contributed by atoms with Gasteiger partial charge in [-0.1, -0.05) is 74.0 Å². The fourth-order valence-electron chi connectivity index (χ4n) is 3.98. The first-order valence-corrected chi connectivity index (χ1v) is 10.8. The molecule has 31 heavy (non-hydrogen) atoms. The van der Waals surface area contributed by atoms with E-state index in [1.165, 1.54) is 23.9 Å². The molecule has 3 aromatic carbocycles. The van der Waals surface area contributed by atoms with Crippen LogP contribution in [0.1, 0.15) is 35.7 Å². The molecule has 4 aromatic rings. The molecule has 0 fully saturated rings. The quantitative estimate of drug-likeness (QED) is 0.310. The van der Waals surface area contributed by atoms with Crippen molar-refractivity contribution >= 4 is 5.97 Å². The Hall–Kier alpha value is -3.59. The summed E-state index contributed by atoms with van der Waals surface area (Å²) >= 11 is 0. The summed E-state index contributed by atoms with van der Waals surface area (Å²) < 4.78 is 7.20. The highest BCUT2D eigenvalue weighted by atomic mass is 16.5. The average Bonchev–Trinajstić information content (AvgIpc) is 3.23. The van der Waals surface area contributed by atoms with E-state index >= 15 is 0 Å². The topological polar surface area (TPSA) is 31.2 Å². The van der Waals surface area contributed by atoms with Gasteiger partial charge in [0.1, 0.15) is 0 Å². The van der Waals surface area contributed by atoms with Gasteiger partial charge in [0.15, 0.2) is 0 Å². The maximum absolute atomic E-state index is 11.9. The lowest BCUT2D eigenvalue weighted by Gasteiger charge is -2.15. The van der Waals surface area contributed by atoms with Crippen LogP contribution < -0.4 is 0 Å². The lowest BCUT2D eigenvalue weighted by Crippen LogP contribution is -2.02. The minimum Gasteiger partial charge on any atom is -0.465 e. The van der Waals surface area contributed by atoms with Gasteiger partial charge < -0.3 is 9.30 Å². The molecule has 0 aliphatic rings. The second-order valence-corrected chi connectivity index (χ2v) is 7.61. The number of carbonyl (C=O) groups excluding carboxylic acids is 1. The Kier molecular flexibility index (Phi) is 6.32. The molecule has 0 amide bonds. The first-order valence-electron chi connectivity index (χ1n) is 10.8. The van der Waals surface area contributed by atoms with Crippen LogP contribution in [0.2, 0.25) is 0 Å². The Morgan fingerprint density at radius 3 is 2.10 bits per heavy atom. The van der Waals surface area contributed by atoms with Crippen molar-refractivity contribution in [2.45, 2.75) is 26.2 Å². The molecule has 1 aromatic heterocycles. The fraction of sp³-hybridized carbons (Fsp3) is 0.179. The summed E-state index contributed by atoms with van der Waals surface area (Å²) in [5, 5.41) is 0. The molecule has 0 radical (unpaired) electrons. The summed E-state index contributed by atoms with van der Waals surface area (Å²) in [7, 11) is 1.41. The second-order valence-electron chi connectivity index (χ2n) is 7.61. The number of rotatable bonds is 7. The first-order chi connectivity index (χ1) is 15.2. The normalized spacial score (nSPS) is 10.8. The zero-order valence-electron chi connectivity index (χ0n) is 18.0. The van der Waals surface area contributed by atoms with Crippen LogP contribution >= 0.6 is 0 Å². The van der Waals surface area contributed by atoms with E-state index in [2.05, 4.69) is 72.2 Å².